The van der Waals surface area contributed by atoms with Crippen LogP contribution in [0.25, 0.3) is 10.6 Å². The van der Waals surface area contributed by atoms with Crippen LogP contribution in [0.2, 0.25) is 0 Å². The lowest BCUT2D eigenvalue weighted by molar-refractivity contribution is 0.554. The van der Waals surface area contributed by atoms with Crippen LogP contribution in [0, 0.1) is 0 Å². The molecule has 90 valence electrons. The van der Waals surface area contributed by atoms with Gasteiger partial charge in [-0.3, -0.25) is 5.10 Å². The summed E-state index contributed by atoms with van der Waals surface area (Å²) in [5.74, 6) is 0. The minimum Gasteiger partial charge on any atom is -0.310 e. The number of nitrogens with one attached hydrogen (secondary N) is 2. The van der Waals surface area contributed by atoms with Crippen LogP contribution in [0.5, 0.6) is 0 Å². The monoisotopic (exact) mass is 247 g/mol. The molecule has 0 saturated heterocycles. The largest absolute Gasteiger partial charge is 0.310 e. The molecule has 0 aromatic carbocycles. The number of thiophene rings is 1. The third-order valence-electron chi connectivity index (χ3n) is 2.65. The molecule has 0 aliphatic heterocycles. The summed E-state index contributed by atoms with van der Waals surface area (Å²) in [7, 11) is 0. The highest BCUT2D eigenvalue weighted by Crippen LogP contribution is 2.25. The zero-order valence-electron chi connectivity index (χ0n) is 9.94. The van der Waals surface area contributed by atoms with Crippen molar-refractivity contribution in [3.63, 3.8) is 0 Å². The van der Waals surface area contributed by atoms with Gasteiger partial charge in [-0.05, 0) is 24.8 Å². The van der Waals surface area contributed by atoms with Crippen LogP contribution >= 0.6 is 11.3 Å². The summed E-state index contributed by atoms with van der Waals surface area (Å²) in [6, 6.07) is 4.60. The van der Waals surface area contributed by atoms with E-state index in [1.165, 1.54) is 10.4 Å². The first-order valence-corrected chi connectivity index (χ1v) is 6.59. The van der Waals surface area contributed by atoms with E-state index in [0.717, 1.165) is 18.7 Å². The molecule has 3 nitrogen and oxygen atoms in total. The molecule has 0 amide bonds. The van der Waals surface area contributed by atoms with E-state index in [4.69, 9.17) is 0 Å². The Morgan fingerprint density at radius 1 is 1.65 bits per heavy atom. The normalized spacial score (nSPS) is 12.5. The van der Waals surface area contributed by atoms with Gasteiger partial charge in [-0.25, -0.2) is 0 Å². The second kappa shape index (κ2) is 5.80. The van der Waals surface area contributed by atoms with Crippen LogP contribution in [-0.2, 0) is 6.54 Å². The maximum atomic E-state index is 4.12. The molecule has 1 atom stereocenters. The predicted molar refractivity (Wildman–Crippen MR) is 73.0 cm³/mol. The molecular weight excluding hydrogens is 230 g/mol. The van der Waals surface area contributed by atoms with Gasteiger partial charge in [0.1, 0.15) is 0 Å². The molecule has 2 aromatic rings. The molecule has 0 spiro atoms. The Bertz CT molecular complexity index is 459. The molecule has 0 aliphatic carbocycles. The summed E-state index contributed by atoms with van der Waals surface area (Å²) >= 11 is 1.72. The molecule has 0 aliphatic rings. The summed E-state index contributed by atoms with van der Waals surface area (Å²) in [6.07, 6.45) is 4.81. The van der Waals surface area contributed by atoms with Gasteiger partial charge >= 0.3 is 0 Å². The highest BCUT2D eigenvalue weighted by molar-refractivity contribution is 7.13. The third-order valence-corrected chi connectivity index (χ3v) is 3.53. The first-order valence-electron chi connectivity index (χ1n) is 5.71. The lowest BCUT2D eigenvalue weighted by Crippen LogP contribution is -2.24. The van der Waals surface area contributed by atoms with Crippen molar-refractivity contribution < 1.29 is 0 Å². The second-order valence-electron chi connectivity index (χ2n) is 4.05. The quantitative estimate of drug-likeness (QED) is 0.770. The fraction of sp³-hybridized carbons (Fsp3) is 0.308. The highest BCUT2D eigenvalue weighted by atomic mass is 32.1. The van der Waals surface area contributed by atoms with Gasteiger partial charge < -0.3 is 5.32 Å². The van der Waals surface area contributed by atoms with Crippen molar-refractivity contribution in [1.29, 1.82) is 0 Å². The van der Waals surface area contributed by atoms with E-state index in [9.17, 15) is 0 Å². The summed E-state index contributed by atoms with van der Waals surface area (Å²) in [6.45, 7) is 6.74. The SMILES string of the molecule is C=CCC(C)NCc1cn[nH]c1-c1cccs1. The van der Waals surface area contributed by atoms with E-state index in [1.54, 1.807) is 11.3 Å². The Morgan fingerprint density at radius 3 is 3.24 bits per heavy atom. The first-order chi connectivity index (χ1) is 8.31. The fourth-order valence-corrected chi connectivity index (χ4v) is 2.45. The molecule has 0 saturated carbocycles. The van der Waals surface area contributed by atoms with Gasteiger partial charge in [-0.15, -0.1) is 17.9 Å². The third kappa shape index (κ3) is 3.05. The molecular formula is C13H17N3S. The van der Waals surface area contributed by atoms with Crippen molar-refractivity contribution in [1.82, 2.24) is 15.5 Å². The molecule has 0 fully saturated rings. The zero-order valence-corrected chi connectivity index (χ0v) is 10.8. The summed E-state index contributed by atoms with van der Waals surface area (Å²) in [5, 5.41) is 12.7. The molecule has 17 heavy (non-hydrogen) atoms. The lowest BCUT2D eigenvalue weighted by atomic mass is 10.2. The molecule has 2 N–H and O–H groups in total. The summed E-state index contributed by atoms with van der Waals surface area (Å²) in [4.78, 5) is 1.23. The van der Waals surface area contributed by atoms with Crippen LogP contribution in [0.4, 0.5) is 0 Å². The van der Waals surface area contributed by atoms with Gasteiger partial charge in [-0.2, -0.15) is 5.10 Å². The fourth-order valence-electron chi connectivity index (χ4n) is 1.70. The second-order valence-corrected chi connectivity index (χ2v) is 5.00. The molecule has 0 radical (unpaired) electrons. The van der Waals surface area contributed by atoms with E-state index in [1.807, 2.05) is 12.3 Å². The number of hydrogen-bond acceptors (Lipinski definition) is 3. The average molecular weight is 247 g/mol. The van der Waals surface area contributed by atoms with Crippen molar-refractivity contribution in [2.45, 2.75) is 25.9 Å². The Morgan fingerprint density at radius 2 is 2.53 bits per heavy atom. The van der Waals surface area contributed by atoms with Crippen LogP contribution in [-0.4, -0.2) is 16.2 Å². The Labute approximate surface area is 106 Å². The Hall–Kier alpha value is -1.39. The number of aromatic amines is 1. The van der Waals surface area contributed by atoms with Crippen molar-refractivity contribution in [2.24, 2.45) is 0 Å². The number of hydrogen-bond donors (Lipinski definition) is 2. The van der Waals surface area contributed by atoms with E-state index < -0.39 is 0 Å². The molecule has 0 bridgehead atoms. The maximum absolute atomic E-state index is 4.12. The lowest BCUT2D eigenvalue weighted by Gasteiger charge is -2.11. The van der Waals surface area contributed by atoms with Crippen molar-refractivity contribution in [3.05, 3.63) is 41.9 Å². The summed E-state index contributed by atoms with van der Waals surface area (Å²) < 4.78 is 0. The Balaban J connectivity index is 2.02. The minimum absolute atomic E-state index is 0.443. The number of aromatic nitrogens is 2. The van der Waals surface area contributed by atoms with E-state index in [0.29, 0.717) is 6.04 Å². The van der Waals surface area contributed by atoms with E-state index in [-0.39, 0.29) is 0 Å². The van der Waals surface area contributed by atoms with Crippen LogP contribution < -0.4 is 5.32 Å². The van der Waals surface area contributed by atoms with E-state index >= 15 is 0 Å². The van der Waals surface area contributed by atoms with Gasteiger partial charge in [0.2, 0.25) is 0 Å². The van der Waals surface area contributed by atoms with Crippen LogP contribution in [0.15, 0.2) is 36.4 Å². The molecule has 4 heteroatoms. The van der Waals surface area contributed by atoms with Crippen molar-refractivity contribution in [2.75, 3.05) is 0 Å². The highest BCUT2D eigenvalue weighted by Gasteiger charge is 2.09. The Kier molecular flexibility index (Phi) is 4.12. The molecule has 2 aromatic heterocycles. The topological polar surface area (TPSA) is 40.7 Å². The summed E-state index contributed by atoms with van der Waals surface area (Å²) in [5.41, 5.74) is 2.33. The van der Waals surface area contributed by atoms with Gasteiger partial charge in [-0.1, -0.05) is 12.1 Å². The predicted octanol–water partition coefficient (Wildman–Crippen LogP) is 3.19. The maximum Gasteiger partial charge on any atom is 0.0794 e. The van der Waals surface area contributed by atoms with Gasteiger partial charge in [0, 0.05) is 18.2 Å². The number of rotatable bonds is 6. The van der Waals surface area contributed by atoms with E-state index in [2.05, 4.69) is 46.5 Å². The van der Waals surface area contributed by atoms with Crippen molar-refractivity contribution >= 4 is 11.3 Å². The van der Waals surface area contributed by atoms with Crippen LogP contribution in [0.1, 0.15) is 18.9 Å². The van der Waals surface area contributed by atoms with Gasteiger partial charge in [0.15, 0.2) is 0 Å². The zero-order chi connectivity index (χ0) is 12.1. The van der Waals surface area contributed by atoms with Crippen LogP contribution in [0.3, 0.4) is 0 Å². The molecule has 2 heterocycles. The van der Waals surface area contributed by atoms with Gasteiger partial charge in [0.05, 0.1) is 16.8 Å². The molecule has 1 unspecified atom stereocenters. The molecule has 2 rings (SSSR count). The standard InChI is InChI=1S/C13H17N3S/c1-3-5-10(2)14-8-11-9-15-16-13(11)12-6-4-7-17-12/h3-4,6-7,9-10,14H,1,5,8H2,2H3,(H,15,16). The number of H-pyrrole nitrogens is 1. The number of nitrogens with zero attached hydrogens (tertiary/aromatic N) is 1. The minimum atomic E-state index is 0.443. The smallest absolute Gasteiger partial charge is 0.0794 e. The first kappa shape index (κ1) is 12.1. The average Bonchev–Trinajstić information content (AvgIpc) is 2.97. The van der Waals surface area contributed by atoms with Crippen molar-refractivity contribution in [3.8, 4) is 10.6 Å². The van der Waals surface area contributed by atoms with Gasteiger partial charge in [0.25, 0.3) is 0 Å².